The minimum Gasteiger partial charge on any atom is -0.445 e. The highest BCUT2D eigenvalue weighted by Gasteiger charge is 2.50. The third kappa shape index (κ3) is 4.02. The van der Waals surface area contributed by atoms with Gasteiger partial charge in [-0.25, -0.2) is 9.18 Å². The highest BCUT2D eigenvalue weighted by atomic mass is 19.1. The first-order valence-electron chi connectivity index (χ1n) is 9.95. The zero-order valence-electron chi connectivity index (χ0n) is 16.5. The number of hydrogen-bond donors (Lipinski definition) is 1. The number of piperidine rings is 1. The summed E-state index contributed by atoms with van der Waals surface area (Å²) < 4.78 is 25.8. The lowest BCUT2D eigenvalue weighted by atomic mass is 9.76. The Balaban J connectivity index is 1.50. The van der Waals surface area contributed by atoms with Crippen molar-refractivity contribution in [3.63, 3.8) is 0 Å². The zero-order chi connectivity index (χ0) is 21.1. The maximum atomic E-state index is 14.7. The fourth-order valence-corrected chi connectivity index (χ4v) is 4.43. The van der Waals surface area contributed by atoms with Crippen molar-refractivity contribution in [3.05, 3.63) is 71.0 Å². The molecule has 30 heavy (non-hydrogen) atoms. The molecule has 2 atom stereocenters. The predicted molar refractivity (Wildman–Crippen MR) is 106 cm³/mol. The van der Waals surface area contributed by atoms with Crippen molar-refractivity contribution in [2.45, 2.75) is 43.6 Å². The lowest BCUT2D eigenvalue weighted by molar-refractivity contribution is -0.137. The van der Waals surface area contributed by atoms with Crippen LogP contribution in [0.15, 0.2) is 48.5 Å². The van der Waals surface area contributed by atoms with Gasteiger partial charge >= 0.3 is 6.09 Å². The molecule has 6 nitrogen and oxygen atoms in total. The fraction of sp³-hybridized carbons (Fsp3) is 0.391. The van der Waals surface area contributed by atoms with Gasteiger partial charge in [-0.05, 0) is 17.2 Å². The van der Waals surface area contributed by atoms with E-state index in [1.807, 2.05) is 36.4 Å². The summed E-state index contributed by atoms with van der Waals surface area (Å²) in [5.74, 6) is -0.538. The molecule has 7 heteroatoms. The summed E-state index contributed by atoms with van der Waals surface area (Å²) in [6, 6.07) is 15.1. The monoisotopic (exact) mass is 410 g/mol. The van der Waals surface area contributed by atoms with Gasteiger partial charge in [0.05, 0.1) is 43.4 Å². The minimum absolute atomic E-state index is 0.107. The number of amides is 1. The van der Waals surface area contributed by atoms with E-state index >= 15 is 0 Å². The minimum atomic E-state index is -1.41. The highest BCUT2D eigenvalue weighted by molar-refractivity contribution is 5.69. The van der Waals surface area contributed by atoms with Crippen LogP contribution in [0.5, 0.6) is 0 Å². The Morgan fingerprint density at radius 1 is 1.20 bits per heavy atom. The fourth-order valence-electron chi connectivity index (χ4n) is 4.43. The molecule has 0 saturated carbocycles. The number of rotatable bonds is 4. The summed E-state index contributed by atoms with van der Waals surface area (Å²) in [4.78, 5) is 14.4. The van der Waals surface area contributed by atoms with Crippen molar-refractivity contribution in [1.29, 1.82) is 5.26 Å². The number of nitriles is 1. The van der Waals surface area contributed by atoms with Crippen molar-refractivity contribution < 1.29 is 23.8 Å². The molecule has 2 aliphatic rings. The van der Waals surface area contributed by atoms with Gasteiger partial charge in [0, 0.05) is 18.4 Å². The molecular formula is C23H23FN2O4. The van der Waals surface area contributed by atoms with Gasteiger partial charge in [0.15, 0.2) is 0 Å². The number of aliphatic hydroxyl groups is 1. The maximum Gasteiger partial charge on any atom is 0.410 e. The lowest BCUT2D eigenvalue weighted by Crippen LogP contribution is -2.62. The average Bonchev–Trinajstić information content (AvgIpc) is 2.72. The van der Waals surface area contributed by atoms with Gasteiger partial charge in [-0.1, -0.05) is 42.5 Å². The van der Waals surface area contributed by atoms with Crippen LogP contribution in [0, 0.1) is 17.1 Å². The number of carbonyl (C=O) groups excluding carboxylic acids is 1. The van der Waals surface area contributed by atoms with Crippen LogP contribution in [-0.2, 0) is 28.1 Å². The molecule has 0 radical (unpaired) electrons. The second-order valence-corrected chi connectivity index (χ2v) is 7.88. The van der Waals surface area contributed by atoms with Gasteiger partial charge in [0.25, 0.3) is 0 Å². The van der Waals surface area contributed by atoms with E-state index in [0.717, 1.165) is 5.56 Å². The molecule has 2 fully saturated rings. The molecule has 2 unspecified atom stereocenters. The van der Waals surface area contributed by atoms with E-state index in [0.29, 0.717) is 5.56 Å². The van der Waals surface area contributed by atoms with Gasteiger partial charge in [0.1, 0.15) is 12.4 Å². The van der Waals surface area contributed by atoms with E-state index < -0.39 is 29.6 Å². The molecule has 2 aromatic rings. The molecule has 0 aliphatic carbocycles. The van der Waals surface area contributed by atoms with Crippen LogP contribution in [0.3, 0.4) is 0 Å². The Kier molecular flexibility index (Phi) is 5.71. The summed E-state index contributed by atoms with van der Waals surface area (Å²) in [5.41, 5.74) is 0.233. The van der Waals surface area contributed by atoms with E-state index in [4.69, 9.17) is 14.7 Å². The number of halogens is 1. The van der Waals surface area contributed by atoms with Crippen LogP contribution in [-0.4, -0.2) is 41.4 Å². The topological polar surface area (TPSA) is 82.8 Å². The van der Waals surface area contributed by atoms with Crippen molar-refractivity contribution in [3.8, 4) is 6.07 Å². The van der Waals surface area contributed by atoms with Crippen molar-refractivity contribution in [2.75, 3.05) is 13.2 Å². The Labute approximate surface area is 174 Å². The molecule has 2 bridgehead atoms. The molecule has 2 aliphatic heterocycles. The number of morpholine rings is 1. The number of hydrogen-bond acceptors (Lipinski definition) is 5. The first kappa shape index (κ1) is 20.3. The number of nitrogens with zero attached hydrogens (tertiary/aromatic N) is 2. The third-order valence-corrected chi connectivity index (χ3v) is 5.79. The highest BCUT2D eigenvalue weighted by Crippen LogP contribution is 2.42. The summed E-state index contributed by atoms with van der Waals surface area (Å²) in [6.45, 7) is 0.677. The molecule has 156 valence electrons. The van der Waals surface area contributed by atoms with E-state index in [1.165, 1.54) is 6.07 Å². The largest absolute Gasteiger partial charge is 0.445 e. The first-order chi connectivity index (χ1) is 14.5. The summed E-state index contributed by atoms with van der Waals surface area (Å²) >= 11 is 0. The Hall–Kier alpha value is -2.95. The SMILES string of the molecule is N#CCc1ccc(C2(O)CC3COCC(C2)N3C(=O)OCc2ccccc2)c(F)c1. The van der Waals surface area contributed by atoms with Crippen molar-refractivity contribution >= 4 is 6.09 Å². The Bertz CT molecular complexity index is 945. The zero-order valence-corrected chi connectivity index (χ0v) is 16.5. The van der Waals surface area contributed by atoms with E-state index in [9.17, 15) is 14.3 Å². The smallest absolute Gasteiger partial charge is 0.410 e. The van der Waals surface area contributed by atoms with E-state index in [1.54, 1.807) is 17.0 Å². The van der Waals surface area contributed by atoms with Crippen LogP contribution < -0.4 is 0 Å². The Morgan fingerprint density at radius 2 is 1.90 bits per heavy atom. The quantitative estimate of drug-likeness (QED) is 0.837. The molecule has 0 spiro atoms. The van der Waals surface area contributed by atoms with Gasteiger partial charge in [0.2, 0.25) is 0 Å². The molecular weight excluding hydrogens is 387 g/mol. The van der Waals surface area contributed by atoms with Gasteiger partial charge in [-0.15, -0.1) is 0 Å². The molecule has 1 amide bonds. The molecule has 0 aromatic heterocycles. The third-order valence-electron chi connectivity index (χ3n) is 5.79. The average molecular weight is 410 g/mol. The van der Waals surface area contributed by atoms with Crippen molar-refractivity contribution in [1.82, 2.24) is 4.90 Å². The Morgan fingerprint density at radius 3 is 2.53 bits per heavy atom. The molecule has 2 aromatic carbocycles. The van der Waals surface area contributed by atoms with Crippen LogP contribution in [0.25, 0.3) is 0 Å². The van der Waals surface area contributed by atoms with Gasteiger partial charge in [-0.3, -0.25) is 4.90 Å². The van der Waals surface area contributed by atoms with Crippen LogP contribution in [0.1, 0.15) is 29.5 Å². The van der Waals surface area contributed by atoms with Gasteiger partial charge < -0.3 is 14.6 Å². The van der Waals surface area contributed by atoms with Crippen molar-refractivity contribution in [2.24, 2.45) is 0 Å². The number of carbonyl (C=O) groups is 1. The number of ether oxygens (including phenoxy) is 2. The second kappa shape index (κ2) is 8.42. The van der Waals surface area contributed by atoms with E-state index in [-0.39, 0.29) is 44.6 Å². The number of benzene rings is 2. The summed E-state index contributed by atoms with van der Waals surface area (Å²) in [7, 11) is 0. The maximum absolute atomic E-state index is 14.7. The lowest BCUT2D eigenvalue weighted by Gasteiger charge is -2.51. The molecule has 2 saturated heterocycles. The standard InChI is InChI=1S/C23H23FN2O4/c24-21-10-16(8-9-25)6-7-20(21)23(28)11-18-14-29-15-19(12-23)26(18)22(27)30-13-17-4-2-1-3-5-17/h1-7,10,18-19,28H,8,11-15H2. The van der Waals surface area contributed by atoms with Crippen LogP contribution >= 0.6 is 0 Å². The van der Waals surface area contributed by atoms with Gasteiger partial charge in [-0.2, -0.15) is 5.26 Å². The summed E-state index contributed by atoms with van der Waals surface area (Å²) in [5, 5.41) is 20.1. The summed E-state index contributed by atoms with van der Waals surface area (Å²) in [6.07, 6.45) is -0.0452. The van der Waals surface area contributed by atoms with Crippen LogP contribution in [0.4, 0.5) is 9.18 Å². The number of fused-ring (bicyclic) bond motifs is 2. The normalized spacial score (nSPS) is 25.4. The first-order valence-corrected chi connectivity index (χ1v) is 9.95. The molecule has 4 rings (SSSR count). The predicted octanol–water partition coefficient (Wildman–Crippen LogP) is 3.28. The molecule has 1 N–H and O–H groups in total. The second-order valence-electron chi connectivity index (χ2n) is 7.88. The van der Waals surface area contributed by atoms with Crippen LogP contribution in [0.2, 0.25) is 0 Å². The van der Waals surface area contributed by atoms with E-state index in [2.05, 4.69) is 0 Å². The molecule has 2 heterocycles.